The van der Waals surface area contributed by atoms with E-state index in [-0.39, 0.29) is 30.4 Å². The number of hydrogen-bond donors (Lipinski definition) is 2. The van der Waals surface area contributed by atoms with Crippen LogP contribution in [-0.4, -0.2) is 35.9 Å². The Labute approximate surface area is 116 Å². The van der Waals surface area contributed by atoms with Gasteiger partial charge in [-0.3, -0.25) is 14.9 Å². The first-order valence-electron chi connectivity index (χ1n) is 6.32. The second-order valence-electron chi connectivity index (χ2n) is 4.55. The zero-order chi connectivity index (χ0) is 14.0. The minimum Gasteiger partial charge on any atom is -0.327 e. The number of nitrogens with one attached hydrogen (secondary N) is 2. The summed E-state index contributed by atoms with van der Waals surface area (Å²) in [4.78, 5) is 29.3. The molecular formula is C12H18N4O2S. The lowest BCUT2D eigenvalue weighted by atomic mass is 10.2. The number of imide groups is 1. The molecule has 2 rings (SSSR count). The normalized spacial score (nSPS) is 21.4. The molecule has 1 aliphatic rings. The SMILES string of the molecule is CCNC(C)c1csc(N2CC(=O)NC(=O)C2C)n1. The van der Waals surface area contributed by atoms with Crippen LogP contribution in [0.2, 0.25) is 0 Å². The van der Waals surface area contributed by atoms with E-state index in [2.05, 4.69) is 15.6 Å². The van der Waals surface area contributed by atoms with Crippen molar-refractivity contribution in [3.63, 3.8) is 0 Å². The molecule has 0 radical (unpaired) electrons. The molecule has 1 saturated heterocycles. The van der Waals surface area contributed by atoms with Crippen molar-refractivity contribution in [2.45, 2.75) is 32.9 Å². The molecule has 2 amide bonds. The van der Waals surface area contributed by atoms with E-state index in [0.717, 1.165) is 17.4 Å². The second-order valence-corrected chi connectivity index (χ2v) is 5.39. The van der Waals surface area contributed by atoms with Crippen LogP contribution < -0.4 is 15.5 Å². The van der Waals surface area contributed by atoms with Crippen molar-refractivity contribution in [3.05, 3.63) is 11.1 Å². The average molecular weight is 282 g/mol. The molecule has 1 aromatic rings. The molecule has 2 unspecified atom stereocenters. The molecule has 19 heavy (non-hydrogen) atoms. The van der Waals surface area contributed by atoms with Gasteiger partial charge in [0, 0.05) is 11.4 Å². The van der Waals surface area contributed by atoms with Crippen LogP contribution in [-0.2, 0) is 9.59 Å². The predicted octanol–water partition coefficient (Wildman–Crippen LogP) is 0.665. The van der Waals surface area contributed by atoms with Gasteiger partial charge in [0.15, 0.2) is 5.13 Å². The number of hydrogen-bond acceptors (Lipinski definition) is 6. The Morgan fingerprint density at radius 3 is 3.05 bits per heavy atom. The Morgan fingerprint density at radius 2 is 2.37 bits per heavy atom. The predicted molar refractivity (Wildman–Crippen MR) is 74.2 cm³/mol. The van der Waals surface area contributed by atoms with E-state index in [1.54, 1.807) is 11.8 Å². The lowest BCUT2D eigenvalue weighted by Gasteiger charge is -2.31. The molecule has 1 aliphatic heterocycles. The number of aromatic nitrogens is 1. The molecule has 0 aromatic carbocycles. The van der Waals surface area contributed by atoms with E-state index in [9.17, 15) is 9.59 Å². The summed E-state index contributed by atoms with van der Waals surface area (Å²) in [6, 6.07) is -0.203. The molecule has 0 aliphatic carbocycles. The summed E-state index contributed by atoms with van der Waals surface area (Å²) in [6.07, 6.45) is 0. The van der Waals surface area contributed by atoms with Crippen LogP contribution in [0.1, 0.15) is 32.5 Å². The summed E-state index contributed by atoms with van der Waals surface area (Å²) >= 11 is 1.46. The number of rotatable bonds is 4. The Balaban J connectivity index is 2.17. The quantitative estimate of drug-likeness (QED) is 0.794. The second kappa shape index (κ2) is 5.66. The lowest BCUT2D eigenvalue weighted by molar-refractivity contribution is -0.132. The molecule has 1 aromatic heterocycles. The molecular weight excluding hydrogens is 264 g/mol. The Kier molecular flexibility index (Phi) is 4.16. The van der Waals surface area contributed by atoms with Gasteiger partial charge in [-0.15, -0.1) is 11.3 Å². The molecule has 2 atom stereocenters. The van der Waals surface area contributed by atoms with Crippen molar-refractivity contribution in [2.24, 2.45) is 0 Å². The minimum absolute atomic E-state index is 0.166. The van der Waals surface area contributed by atoms with E-state index >= 15 is 0 Å². The number of thiazole rings is 1. The van der Waals surface area contributed by atoms with Crippen LogP contribution in [0.15, 0.2) is 5.38 Å². The Hall–Kier alpha value is -1.47. The van der Waals surface area contributed by atoms with Gasteiger partial charge in [-0.2, -0.15) is 0 Å². The van der Waals surface area contributed by atoms with Gasteiger partial charge in [-0.05, 0) is 20.4 Å². The van der Waals surface area contributed by atoms with Crippen LogP contribution in [0.25, 0.3) is 0 Å². The van der Waals surface area contributed by atoms with E-state index in [0.29, 0.717) is 0 Å². The number of anilines is 1. The molecule has 2 N–H and O–H groups in total. The summed E-state index contributed by atoms with van der Waals surface area (Å²) in [7, 11) is 0. The van der Waals surface area contributed by atoms with Crippen LogP contribution >= 0.6 is 11.3 Å². The molecule has 0 saturated carbocycles. The summed E-state index contributed by atoms with van der Waals surface area (Å²) in [6.45, 7) is 6.90. The molecule has 104 valence electrons. The number of carbonyl (C=O) groups excluding carboxylic acids is 2. The standard InChI is InChI=1S/C12H18N4O2S/c1-4-13-7(2)9-6-19-12(14-9)16-5-10(17)15-11(18)8(16)3/h6-8,13H,4-5H2,1-3H3,(H,15,17,18). The fraction of sp³-hybridized carbons (Fsp3) is 0.583. The summed E-state index contributed by atoms with van der Waals surface area (Å²) in [5.41, 5.74) is 0.937. The van der Waals surface area contributed by atoms with Crippen LogP contribution in [0, 0.1) is 0 Å². The largest absolute Gasteiger partial charge is 0.327 e. The van der Waals surface area contributed by atoms with Crippen LogP contribution in [0.5, 0.6) is 0 Å². The van der Waals surface area contributed by atoms with Gasteiger partial charge < -0.3 is 10.2 Å². The van der Waals surface area contributed by atoms with Gasteiger partial charge in [0.1, 0.15) is 12.6 Å². The number of carbonyl (C=O) groups is 2. The maximum absolute atomic E-state index is 11.6. The van der Waals surface area contributed by atoms with Gasteiger partial charge in [-0.25, -0.2) is 4.98 Å². The van der Waals surface area contributed by atoms with Gasteiger partial charge in [0.05, 0.1) is 5.69 Å². The first kappa shape index (κ1) is 14.0. The average Bonchev–Trinajstić information content (AvgIpc) is 2.83. The topological polar surface area (TPSA) is 74.3 Å². The highest BCUT2D eigenvalue weighted by molar-refractivity contribution is 7.13. The third kappa shape index (κ3) is 2.93. The molecule has 0 bridgehead atoms. The maximum Gasteiger partial charge on any atom is 0.249 e. The zero-order valence-corrected chi connectivity index (χ0v) is 12.1. The van der Waals surface area contributed by atoms with E-state index in [1.165, 1.54) is 11.3 Å². The third-order valence-electron chi connectivity index (χ3n) is 3.13. The highest BCUT2D eigenvalue weighted by Crippen LogP contribution is 2.26. The highest BCUT2D eigenvalue weighted by Gasteiger charge is 2.32. The first-order valence-corrected chi connectivity index (χ1v) is 7.20. The van der Waals surface area contributed by atoms with Crippen molar-refractivity contribution >= 4 is 28.3 Å². The Morgan fingerprint density at radius 1 is 1.63 bits per heavy atom. The summed E-state index contributed by atoms with van der Waals surface area (Å²) in [5.74, 6) is -0.549. The smallest absolute Gasteiger partial charge is 0.249 e. The van der Waals surface area contributed by atoms with Gasteiger partial charge in [-0.1, -0.05) is 6.92 Å². The van der Waals surface area contributed by atoms with Crippen molar-refractivity contribution in [1.29, 1.82) is 0 Å². The van der Waals surface area contributed by atoms with E-state index in [1.807, 2.05) is 19.2 Å². The first-order chi connectivity index (χ1) is 9.02. The van der Waals surface area contributed by atoms with Crippen LogP contribution in [0.4, 0.5) is 5.13 Å². The van der Waals surface area contributed by atoms with Gasteiger partial charge >= 0.3 is 0 Å². The zero-order valence-electron chi connectivity index (χ0n) is 11.3. The minimum atomic E-state index is -0.369. The number of piperazine rings is 1. The Bertz CT molecular complexity index is 488. The molecule has 1 fully saturated rings. The molecule has 0 spiro atoms. The third-order valence-corrected chi connectivity index (χ3v) is 4.03. The van der Waals surface area contributed by atoms with Gasteiger partial charge in [0.25, 0.3) is 0 Å². The summed E-state index contributed by atoms with van der Waals surface area (Å²) < 4.78 is 0. The fourth-order valence-corrected chi connectivity index (χ4v) is 2.96. The van der Waals surface area contributed by atoms with E-state index < -0.39 is 0 Å². The molecule has 6 nitrogen and oxygen atoms in total. The van der Waals surface area contributed by atoms with E-state index in [4.69, 9.17) is 0 Å². The van der Waals surface area contributed by atoms with Crippen molar-refractivity contribution < 1.29 is 9.59 Å². The van der Waals surface area contributed by atoms with Gasteiger partial charge in [0.2, 0.25) is 11.8 Å². The maximum atomic E-state index is 11.6. The number of nitrogens with zero attached hydrogens (tertiary/aromatic N) is 2. The summed E-state index contributed by atoms with van der Waals surface area (Å²) in [5, 5.41) is 8.29. The monoisotopic (exact) mass is 282 g/mol. The van der Waals surface area contributed by atoms with Crippen molar-refractivity contribution in [2.75, 3.05) is 18.0 Å². The van der Waals surface area contributed by atoms with Crippen molar-refractivity contribution in [1.82, 2.24) is 15.6 Å². The van der Waals surface area contributed by atoms with Crippen molar-refractivity contribution in [3.8, 4) is 0 Å². The van der Waals surface area contributed by atoms with Crippen LogP contribution in [0.3, 0.4) is 0 Å². The molecule has 7 heteroatoms. The number of amides is 2. The molecule has 2 heterocycles. The fourth-order valence-electron chi connectivity index (χ4n) is 1.97. The lowest BCUT2D eigenvalue weighted by Crippen LogP contribution is -2.57. The highest BCUT2D eigenvalue weighted by atomic mass is 32.1.